The van der Waals surface area contributed by atoms with E-state index in [9.17, 15) is 0 Å². The van der Waals surface area contributed by atoms with Crippen molar-refractivity contribution in [3.8, 4) is 0 Å². The molecule has 0 fully saturated rings. The molecule has 1 aliphatic carbocycles. The summed E-state index contributed by atoms with van der Waals surface area (Å²) in [5, 5.41) is 4.06. The maximum absolute atomic E-state index is 4.24. The maximum atomic E-state index is 4.24. The van der Waals surface area contributed by atoms with Crippen molar-refractivity contribution in [1.82, 2.24) is 0 Å². The zero-order valence-electron chi connectivity index (χ0n) is 33.6. The molecule has 0 radical (unpaired) electrons. The van der Waals surface area contributed by atoms with Crippen molar-refractivity contribution in [1.29, 1.82) is 0 Å². The maximum Gasteiger partial charge on any atom is 4.00 e. The first-order valence-corrected chi connectivity index (χ1v) is 20.8. The summed E-state index contributed by atoms with van der Waals surface area (Å²) >= 11 is 0. The van der Waals surface area contributed by atoms with Crippen LogP contribution in [0.2, 0.25) is 5.04 Å². The topological polar surface area (TPSA) is 0 Å². The Balaban J connectivity index is 0.00000210. The molecular formula is C51H51Cl3SiTi. The van der Waals surface area contributed by atoms with Gasteiger partial charge in [0.1, 0.15) is 8.07 Å². The van der Waals surface area contributed by atoms with E-state index in [4.69, 9.17) is 0 Å². The van der Waals surface area contributed by atoms with Crippen molar-refractivity contribution in [3.05, 3.63) is 218 Å². The molecule has 1 atom stereocenters. The zero-order valence-corrected chi connectivity index (χ0v) is 38.4. The van der Waals surface area contributed by atoms with Crippen LogP contribution in [-0.4, -0.2) is 8.07 Å². The van der Waals surface area contributed by atoms with E-state index in [1.54, 1.807) is 0 Å². The van der Waals surface area contributed by atoms with Gasteiger partial charge in [-0.3, -0.25) is 6.08 Å². The number of halogens is 3. The second kappa shape index (κ2) is 19.8. The van der Waals surface area contributed by atoms with E-state index in [1.165, 1.54) is 82.4 Å². The van der Waals surface area contributed by atoms with E-state index in [-0.39, 0.29) is 64.0 Å². The van der Waals surface area contributed by atoms with Crippen molar-refractivity contribution >= 4 is 23.6 Å². The minimum atomic E-state index is -2.99. The Labute approximate surface area is 371 Å². The minimum absolute atomic E-state index is 0. The normalized spacial score (nSPS) is 14.8. The van der Waals surface area contributed by atoms with Crippen LogP contribution in [0.4, 0.5) is 0 Å². The molecular weight excluding hydrogens is 795 g/mol. The molecule has 0 aromatic heterocycles. The van der Waals surface area contributed by atoms with Crippen LogP contribution in [-0.2, 0) is 41.0 Å². The second-order valence-corrected chi connectivity index (χ2v) is 19.7. The SMILES string of the molecule is CC1=[C-]C(C)([Si](c2cc(C)cc(Cc3ccccc3)c2)(c2cc(C)cc(Cc3ccccc3)c2)c2cc(C)cc(Cc3ccccc3)c2)C(C)=C1C.[Cl-].[Cl-].[Cl-].[Ti+4]. The molecule has 0 heterocycles. The van der Waals surface area contributed by atoms with Gasteiger partial charge in [-0.25, -0.2) is 5.57 Å². The summed E-state index contributed by atoms with van der Waals surface area (Å²) < 4.78 is 0. The van der Waals surface area contributed by atoms with E-state index >= 15 is 0 Å². The minimum Gasteiger partial charge on any atom is -1.00 e. The van der Waals surface area contributed by atoms with Crippen LogP contribution in [0.1, 0.15) is 77.8 Å². The predicted octanol–water partition coefficient (Wildman–Crippen LogP) is 1.72. The van der Waals surface area contributed by atoms with Crippen molar-refractivity contribution in [2.75, 3.05) is 0 Å². The molecule has 0 aliphatic heterocycles. The van der Waals surface area contributed by atoms with E-state index in [2.05, 4.69) is 200 Å². The van der Waals surface area contributed by atoms with Crippen LogP contribution < -0.4 is 52.8 Å². The number of aryl methyl sites for hydroxylation is 3. The number of rotatable bonds is 10. The van der Waals surface area contributed by atoms with Gasteiger partial charge in [0.25, 0.3) is 0 Å². The molecule has 1 aliphatic rings. The quantitative estimate of drug-likeness (QED) is 0.112. The number of hydrogen-bond acceptors (Lipinski definition) is 0. The Morgan fingerprint density at radius 1 is 0.429 bits per heavy atom. The zero-order chi connectivity index (χ0) is 36.5. The molecule has 284 valence electrons. The summed E-state index contributed by atoms with van der Waals surface area (Å²) in [6.45, 7) is 16.4. The molecule has 56 heavy (non-hydrogen) atoms. The molecule has 7 rings (SSSR count). The van der Waals surface area contributed by atoms with Crippen LogP contribution in [0.25, 0.3) is 0 Å². The van der Waals surface area contributed by atoms with Gasteiger partial charge in [-0.1, -0.05) is 188 Å². The van der Waals surface area contributed by atoms with Crippen LogP contribution in [0.5, 0.6) is 0 Å². The third kappa shape index (κ3) is 9.48. The number of benzene rings is 6. The fourth-order valence-electron chi connectivity index (χ4n) is 9.00. The van der Waals surface area contributed by atoms with Gasteiger partial charge in [-0.2, -0.15) is 11.1 Å². The van der Waals surface area contributed by atoms with E-state index in [0.717, 1.165) is 19.3 Å². The molecule has 1 unspecified atom stereocenters. The Kier molecular flexibility index (Phi) is 16.6. The van der Waals surface area contributed by atoms with Crippen molar-refractivity contribution < 1.29 is 58.9 Å². The number of hydrogen-bond donors (Lipinski definition) is 0. The Hall–Kier alpha value is -3.40. The summed E-state index contributed by atoms with van der Waals surface area (Å²) in [5.41, 5.74) is 16.2. The van der Waals surface area contributed by atoms with E-state index in [1.807, 2.05) is 0 Å². The third-order valence-corrected chi connectivity index (χ3v) is 17.0. The van der Waals surface area contributed by atoms with Crippen LogP contribution in [0, 0.1) is 26.8 Å². The average molecular weight is 846 g/mol. The molecule has 5 heteroatoms. The number of allylic oxidation sites excluding steroid dienone is 4. The van der Waals surface area contributed by atoms with Gasteiger partial charge < -0.3 is 37.2 Å². The summed E-state index contributed by atoms with van der Waals surface area (Å²) in [4.78, 5) is 0. The fraction of sp³-hybridized carbons (Fsp3) is 0.216. The fourth-order valence-corrected chi connectivity index (χ4v) is 15.4. The van der Waals surface area contributed by atoms with Gasteiger partial charge in [-0.05, 0) is 89.0 Å². The third-order valence-electron chi connectivity index (χ3n) is 11.5. The molecule has 0 bridgehead atoms. The molecule has 0 saturated carbocycles. The molecule has 6 aromatic carbocycles. The van der Waals surface area contributed by atoms with Crippen molar-refractivity contribution in [2.24, 2.45) is 0 Å². The average Bonchev–Trinajstić information content (AvgIpc) is 3.31. The summed E-state index contributed by atoms with van der Waals surface area (Å²) in [6, 6.07) is 55.4. The molecule has 6 aromatic rings. The van der Waals surface area contributed by atoms with Gasteiger partial charge >= 0.3 is 21.7 Å². The van der Waals surface area contributed by atoms with Gasteiger partial charge in [0.2, 0.25) is 0 Å². The van der Waals surface area contributed by atoms with Crippen LogP contribution in [0.3, 0.4) is 0 Å². The van der Waals surface area contributed by atoms with Crippen LogP contribution in [0.15, 0.2) is 162 Å². The molecule has 0 saturated heterocycles. The summed E-state index contributed by atoms with van der Waals surface area (Å²) in [6.07, 6.45) is 6.95. The van der Waals surface area contributed by atoms with E-state index in [0.29, 0.717) is 0 Å². The standard InChI is InChI=1S/C51H51Si.3ClH.Ti/c1-36-23-45(29-42-17-11-8-12-18-42)32-48(26-36)52(51(7)35-39(4)40(5)41(51)6,49-27-37(2)24-46(33-49)30-43-19-13-9-14-20-43)50-28-38(3)25-47(34-50)31-44-21-15-10-16-22-44;;;;/h8-28,32-34H,29-31H2,1-7H3;3*1H;/q-1;;;;+4/p-3. The first kappa shape index (κ1) is 47.0. The van der Waals surface area contributed by atoms with Gasteiger partial charge in [-0.15, -0.1) is 6.92 Å². The molecule has 0 N–H and O–H groups in total. The summed E-state index contributed by atoms with van der Waals surface area (Å²) in [7, 11) is -2.99. The second-order valence-electron chi connectivity index (χ2n) is 15.5. The van der Waals surface area contributed by atoms with Gasteiger partial charge in [0.05, 0.1) is 0 Å². The molecule has 0 spiro atoms. The summed E-state index contributed by atoms with van der Waals surface area (Å²) in [5.74, 6) is 0. The Morgan fingerprint density at radius 3 is 1.00 bits per heavy atom. The first-order chi connectivity index (χ1) is 25.0. The Bertz CT molecular complexity index is 2080. The molecule has 0 amide bonds. The largest absolute Gasteiger partial charge is 4.00 e. The molecule has 0 nitrogen and oxygen atoms in total. The smallest absolute Gasteiger partial charge is 1.00 e. The first-order valence-electron chi connectivity index (χ1n) is 18.8. The Morgan fingerprint density at radius 2 is 0.732 bits per heavy atom. The van der Waals surface area contributed by atoms with Crippen LogP contribution >= 0.6 is 0 Å². The van der Waals surface area contributed by atoms with E-state index < -0.39 is 8.07 Å². The van der Waals surface area contributed by atoms with Crippen molar-refractivity contribution in [3.63, 3.8) is 0 Å². The van der Waals surface area contributed by atoms with Crippen molar-refractivity contribution in [2.45, 2.75) is 72.8 Å². The van der Waals surface area contributed by atoms with Gasteiger partial charge in [0, 0.05) is 0 Å². The monoisotopic (exact) mass is 844 g/mol. The van der Waals surface area contributed by atoms with Gasteiger partial charge in [0.15, 0.2) is 0 Å². The predicted molar refractivity (Wildman–Crippen MR) is 225 cm³/mol.